The van der Waals surface area contributed by atoms with Gasteiger partial charge < -0.3 is 5.32 Å². The lowest BCUT2D eigenvalue weighted by Gasteiger charge is -2.26. The van der Waals surface area contributed by atoms with E-state index < -0.39 is 10.0 Å². The number of nitrogens with zero attached hydrogens (tertiary/aromatic N) is 1. The summed E-state index contributed by atoms with van der Waals surface area (Å²) in [4.78, 5) is 13.8. The molecule has 0 aliphatic carbocycles. The molecule has 1 aliphatic rings. The molecule has 29 heavy (non-hydrogen) atoms. The van der Waals surface area contributed by atoms with Gasteiger partial charge in [0.05, 0.1) is 10.6 Å². The maximum Gasteiger partial charge on any atom is 0.243 e. The minimum Gasteiger partial charge on any atom is -0.325 e. The zero-order valence-corrected chi connectivity index (χ0v) is 18.8. The van der Waals surface area contributed by atoms with Gasteiger partial charge in [-0.1, -0.05) is 30.2 Å². The first-order chi connectivity index (χ1) is 13.8. The van der Waals surface area contributed by atoms with E-state index in [4.69, 9.17) is 0 Å². The lowest BCUT2D eigenvalue weighted by atomic mass is 10.2. The van der Waals surface area contributed by atoms with Gasteiger partial charge in [-0.15, -0.1) is 11.8 Å². The first-order valence-electron chi connectivity index (χ1n) is 9.88. The summed E-state index contributed by atoms with van der Waals surface area (Å²) in [7, 11) is -3.53. The number of nitrogens with one attached hydrogen (secondary N) is 1. The highest BCUT2D eigenvalue weighted by Crippen LogP contribution is 2.26. The Morgan fingerprint density at radius 1 is 1.00 bits per heavy atom. The number of carbonyl (C=O) groups is 1. The third-order valence-electron chi connectivity index (χ3n) is 5.13. The van der Waals surface area contributed by atoms with Crippen molar-refractivity contribution in [3.63, 3.8) is 0 Å². The molecule has 1 N–H and O–H groups in total. The van der Waals surface area contributed by atoms with Gasteiger partial charge in [0.25, 0.3) is 0 Å². The highest BCUT2D eigenvalue weighted by atomic mass is 32.2. The van der Waals surface area contributed by atoms with Crippen LogP contribution in [0.5, 0.6) is 0 Å². The number of hydrogen-bond acceptors (Lipinski definition) is 4. The van der Waals surface area contributed by atoms with Crippen molar-refractivity contribution >= 4 is 33.4 Å². The van der Waals surface area contributed by atoms with Crippen molar-refractivity contribution in [2.24, 2.45) is 0 Å². The van der Waals surface area contributed by atoms with Crippen LogP contribution in [0.25, 0.3) is 0 Å². The largest absolute Gasteiger partial charge is 0.325 e. The molecular weight excluding hydrogens is 404 g/mol. The number of piperidine rings is 1. The van der Waals surface area contributed by atoms with Crippen LogP contribution in [0, 0.1) is 20.8 Å². The van der Waals surface area contributed by atoms with Crippen molar-refractivity contribution in [2.45, 2.75) is 49.8 Å². The monoisotopic (exact) mass is 432 g/mol. The minimum atomic E-state index is -3.53. The third-order valence-corrected chi connectivity index (χ3v) is 8.20. The van der Waals surface area contributed by atoms with Crippen molar-refractivity contribution in [3.05, 3.63) is 53.1 Å². The van der Waals surface area contributed by atoms with Gasteiger partial charge in [0, 0.05) is 23.7 Å². The Balaban J connectivity index is 1.70. The lowest BCUT2D eigenvalue weighted by molar-refractivity contribution is -0.113. The Morgan fingerprint density at radius 2 is 1.72 bits per heavy atom. The Kier molecular flexibility index (Phi) is 7.03. The molecule has 1 amide bonds. The maximum atomic E-state index is 12.9. The number of sulfonamides is 1. The van der Waals surface area contributed by atoms with Crippen LogP contribution in [-0.4, -0.2) is 37.5 Å². The molecule has 0 atom stereocenters. The number of anilines is 1. The number of aryl methyl sites for hydroxylation is 3. The molecule has 1 fully saturated rings. The Labute approximate surface area is 177 Å². The molecule has 1 aliphatic heterocycles. The van der Waals surface area contributed by atoms with Gasteiger partial charge in [0.1, 0.15) is 0 Å². The van der Waals surface area contributed by atoms with Gasteiger partial charge in [0.2, 0.25) is 15.9 Å². The zero-order valence-electron chi connectivity index (χ0n) is 17.2. The predicted octanol–water partition coefficient (Wildman–Crippen LogP) is 4.52. The van der Waals surface area contributed by atoms with Crippen molar-refractivity contribution in [1.29, 1.82) is 0 Å². The highest BCUT2D eigenvalue weighted by molar-refractivity contribution is 8.00. The summed E-state index contributed by atoms with van der Waals surface area (Å²) < 4.78 is 27.4. The molecular formula is C22H28N2O3S2. The molecule has 0 radical (unpaired) electrons. The van der Waals surface area contributed by atoms with E-state index in [-0.39, 0.29) is 16.6 Å². The van der Waals surface area contributed by atoms with E-state index in [0.29, 0.717) is 18.8 Å². The summed E-state index contributed by atoms with van der Waals surface area (Å²) in [5.74, 6) is 0.123. The van der Waals surface area contributed by atoms with E-state index in [2.05, 4.69) is 11.4 Å². The van der Waals surface area contributed by atoms with E-state index in [1.165, 1.54) is 17.3 Å². The maximum absolute atomic E-state index is 12.9. The topological polar surface area (TPSA) is 66.5 Å². The average Bonchev–Trinajstić information content (AvgIpc) is 2.69. The van der Waals surface area contributed by atoms with Gasteiger partial charge in [-0.05, 0) is 62.9 Å². The van der Waals surface area contributed by atoms with Gasteiger partial charge >= 0.3 is 0 Å². The molecule has 0 saturated carbocycles. The Bertz CT molecular complexity index is 997. The smallest absolute Gasteiger partial charge is 0.243 e. The van der Waals surface area contributed by atoms with Crippen LogP contribution in [0.4, 0.5) is 5.69 Å². The number of thioether (sulfide) groups is 1. The van der Waals surface area contributed by atoms with Crippen molar-refractivity contribution in [1.82, 2.24) is 4.31 Å². The van der Waals surface area contributed by atoms with E-state index in [9.17, 15) is 13.2 Å². The first kappa shape index (κ1) is 21.9. The van der Waals surface area contributed by atoms with Crippen LogP contribution < -0.4 is 5.32 Å². The first-order valence-corrected chi connectivity index (χ1v) is 12.3. The molecule has 1 heterocycles. The summed E-state index contributed by atoms with van der Waals surface area (Å²) in [5.41, 5.74) is 3.73. The molecule has 5 nitrogen and oxygen atoms in total. The quantitative estimate of drug-likeness (QED) is 0.682. The molecule has 3 rings (SSSR count). The molecule has 7 heteroatoms. The molecule has 156 valence electrons. The number of amides is 1. The molecule has 0 spiro atoms. The summed E-state index contributed by atoms with van der Waals surface area (Å²) in [6.07, 6.45) is 2.86. The second kappa shape index (κ2) is 9.32. The third kappa shape index (κ3) is 5.41. The molecule has 2 aromatic carbocycles. The van der Waals surface area contributed by atoms with Crippen LogP contribution in [0.15, 0.2) is 46.2 Å². The number of benzene rings is 2. The summed E-state index contributed by atoms with van der Waals surface area (Å²) in [5, 5.41) is 2.88. The summed E-state index contributed by atoms with van der Waals surface area (Å²) in [6.45, 7) is 7.06. The molecule has 2 aromatic rings. The molecule has 1 saturated heterocycles. The second-order valence-electron chi connectivity index (χ2n) is 7.55. The van der Waals surface area contributed by atoms with Crippen molar-refractivity contribution < 1.29 is 13.2 Å². The van der Waals surface area contributed by atoms with Crippen LogP contribution in [0.2, 0.25) is 0 Å². The van der Waals surface area contributed by atoms with Crippen molar-refractivity contribution in [3.8, 4) is 0 Å². The van der Waals surface area contributed by atoms with E-state index in [1.807, 2.05) is 32.9 Å². The van der Waals surface area contributed by atoms with Crippen molar-refractivity contribution in [2.75, 3.05) is 24.2 Å². The van der Waals surface area contributed by atoms with Gasteiger partial charge in [-0.3, -0.25) is 4.79 Å². The average molecular weight is 433 g/mol. The van der Waals surface area contributed by atoms with E-state index in [1.54, 1.807) is 22.5 Å². The fourth-order valence-corrected chi connectivity index (χ4v) is 5.79. The summed E-state index contributed by atoms with van der Waals surface area (Å²) >= 11 is 1.48. The fourth-order valence-electron chi connectivity index (χ4n) is 3.44. The highest BCUT2D eigenvalue weighted by Gasteiger charge is 2.26. The number of carbonyl (C=O) groups excluding carboxylic acids is 1. The predicted molar refractivity (Wildman–Crippen MR) is 119 cm³/mol. The van der Waals surface area contributed by atoms with Gasteiger partial charge in [-0.25, -0.2) is 8.42 Å². The Hall–Kier alpha value is -1.83. The van der Waals surface area contributed by atoms with E-state index >= 15 is 0 Å². The number of hydrogen-bond donors (Lipinski definition) is 1. The standard InChI is InChI=1S/C22H28N2O3S2/c1-16-7-10-21(18(3)13-16)28-15-22(25)23-20-14-19(9-8-17(20)2)29(26,27)24-11-5-4-6-12-24/h7-10,13-14H,4-6,11-12,15H2,1-3H3,(H,23,25). The Morgan fingerprint density at radius 3 is 2.41 bits per heavy atom. The lowest BCUT2D eigenvalue weighted by Crippen LogP contribution is -2.35. The van der Waals surface area contributed by atoms with Crippen LogP contribution >= 0.6 is 11.8 Å². The molecule has 0 bridgehead atoms. The molecule has 0 unspecified atom stereocenters. The minimum absolute atomic E-state index is 0.148. The number of rotatable bonds is 6. The van der Waals surface area contributed by atoms with Gasteiger partial charge in [0.15, 0.2) is 0 Å². The fraction of sp³-hybridized carbons (Fsp3) is 0.409. The summed E-state index contributed by atoms with van der Waals surface area (Å²) in [6, 6.07) is 11.1. The van der Waals surface area contributed by atoms with Crippen LogP contribution in [-0.2, 0) is 14.8 Å². The molecule has 0 aromatic heterocycles. The van der Waals surface area contributed by atoms with Crippen LogP contribution in [0.3, 0.4) is 0 Å². The van der Waals surface area contributed by atoms with E-state index in [0.717, 1.165) is 35.3 Å². The zero-order chi connectivity index (χ0) is 21.0. The SMILES string of the molecule is Cc1ccc(SCC(=O)Nc2cc(S(=O)(=O)N3CCCCC3)ccc2C)c(C)c1. The normalized spacial score (nSPS) is 15.3. The van der Waals surface area contributed by atoms with Gasteiger partial charge in [-0.2, -0.15) is 4.31 Å². The van der Waals surface area contributed by atoms with Crippen LogP contribution in [0.1, 0.15) is 36.0 Å². The second-order valence-corrected chi connectivity index (χ2v) is 10.5.